The molecular formula is C9H4BrF6NO. The molecular weight excluding hydrogens is 332 g/mol. The molecule has 0 atom stereocenters. The molecule has 0 aromatic heterocycles. The number of carbonyl (C=O) groups excluding carboxylic acids is 1. The zero-order valence-corrected chi connectivity index (χ0v) is 9.87. The Morgan fingerprint density at radius 2 is 1.61 bits per heavy atom. The zero-order valence-electron chi connectivity index (χ0n) is 8.29. The fourth-order valence-corrected chi connectivity index (χ4v) is 1.73. The van der Waals surface area contributed by atoms with E-state index in [9.17, 15) is 31.1 Å². The molecule has 0 bridgehead atoms. The quantitative estimate of drug-likeness (QED) is 0.641. The number of alkyl halides is 6. The summed E-state index contributed by atoms with van der Waals surface area (Å²) >= 11 is 2.51. The summed E-state index contributed by atoms with van der Waals surface area (Å²) in [5.41, 5.74) is -3.61. The van der Waals surface area contributed by atoms with Gasteiger partial charge in [-0.3, -0.25) is 4.79 Å². The minimum atomic E-state index is -4.97. The van der Waals surface area contributed by atoms with Crippen LogP contribution < -0.4 is 5.32 Å². The Labute approximate surface area is 105 Å². The minimum absolute atomic E-state index is 0.0135. The third-order valence-corrected chi connectivity index (χ3v) is 2.77. The average Bonchev–Trinajstić information content (AvgIpc) is 2.17. The Hall–Kier alpha value is -1.25. The minimum Gasteiger partial charge on any atom is -0.328 e. The SMILES string of the molecule is O=CNc1cc(C(F)(F)F)cc(C(F)(F)F)c1Br. The van der Waals surface area contributed by atoms with E-state index in [-0.39, 0.29) is 12.5 Å². The van der Waals surface area contributed by atoms with Crippen LogP contribution in [-0.2, 0) is 17.1 Å². The molecule has 0 spiro atoms. The molecule has 18 heavy (non-hydrogen) atoms. The number of hydrogen-bond acceptors (Lipinski definition) is 1. The van der Waals surface area contributed by atoms with Crippen molar-refractivity contribution in [2.24, 2.45) is 0 Å². The molecule has 0 aliphatic rings. The number of benzene rings is 1. The van der Waals surface area contributed by atoms with Crippen LogP contribution in [-0.4, -0.2) is 6.41 Å². The molecule has 2 nitrogen and oxygen atoms in total. The first-order valence-electron chi connectivity index (χ1n) is 4.25. The molecule has 100 valence electrons. The molecule has 1 N–H and O–H groups in total. The van der Waals surface area contributed by atoms with Crippen molar-refractivity contribution in [2.45, 2.75) is 12.4 Å². The lowest BCUT2D eigenvalue weighted by atomic mass is 10.1. The van der Waals surface area contributed by atoms with Crippen molar-refractivity contribution < 1.29 is 31.1 Å². The lowest BCUT2D eigenvalue weighted by Gasteiger charge is -2.16. The van der Waals surface area contributed by atoms with E-state index < -0.39 is 33.6 Å². The summed E-state index contributed by atoms with van der Waals surface area (Å²) in [6.45, 7) is 0. The summed E-state index contributed by atoms with van der Waals surface area (Å²) in [6, 6.07) is 0.383. The average molecular weight is 336 g/mol. The molecule has 1 amide bonds. The van der Waals surface area contributed by atoms with E-state index in [1.165, 1.54) is 0 Å². The summed E-state index contributed by atoms with van der Waals surface area (Å²) in [7, 11) is 0. The molecule has 0 unspecified atom stereocenters. The normalized spacial score (nSPS) is 12.4. The van der Waals surface area contributed by atoms with Crippen LogP contribution in [0.25, 0.3) is 0 Å². The second-order valence-electron chi connectivity index (χ2n) is 3.14. The Morgan fingerprint density at radius 1 is 1.06 bits per heavy atom. The molecule has 0 heterocycles. The van der Waals surface area contributed by atoms with Crippen molar-refractivity contribution in [1.82, 2.24) is 0 Å². The van der Waals surface area contributed by atoms with E-state index >= 15 is 0 Å². The van der Waals surface area contributed by atoms with Gasteiger partial charge in [0.25, 0.3) is 0 Å². The molecule has 1 aromatic rings. The van der Waals surface area contributed by atoms with Crippen molar-refractivity contribution in [3.8, 4) is 0 Å². The number of amides is 1. The van der Waals surface area contributed by atoms with E-state index in [2.05, 4.69) is 15.9 Å². The van der Waals surface area contributed by atoms with Crippen LogP contribution in [0.4, 0.5) is 32.0 Å². The van der Waals surface area contributed by atoms with Gasteiger partial charge in [0.05, 0.1) is 21.3 Å². The van der Waals surface area contributed by atoms with Crippen LogP contribution in [0.15, 0.2) is 16.6 Å². The highest BCUT2D eigenvalue weighted by molar-refractivity contribution is 9.10. The molecule has 1 aromatic carbocycles. The van der Waals surface area contributed by atoms with Gasteiger partial charge in [0.1, 0.15) is 0 Å². The van der Waals surface area contributed by atoms with Gasteiger partial charge in [0.2, 0.25) is 6.41 Å². The summed E-state index contributed by atoms with van der Waals surface area (Å²) in [4.78, 5) is 10.2. The predicted molar refractivity (Wildman–Crippen MR) is 53.8 cm³/mol. The van der Waals surface area contributed by atoms with Crippen LogP contribution in [0.2, 0.25) is 0 Å². The second-order valence-corrected chi connectivity index (χ2v) is 3.94. The van der Waals surface area contributed by atoms with Crippen LogP contribution in [0.5, 0.6) is 0 Å². The fraction of sp³-hybridized carbons (Fsp3) is 0.222. The standard InChI is InChI=1S/C9H4BrF6NO/c10-7-5(9(14,15)16)1-4(8(11,12)13)2-6(7)17-3-18/h1-3H,(H,17,18). The Bertz CT molecular complexity index is 467. The van der Waals surface area contributed by atoms with Gasteiger partial charge in [-0.1, -0.05) is 0 Å². The summed E-state index contributed by atoms with van der Waals surface area (Å²) in [5.74, 6) is 0. The van der Waals surface area contributed by atoms with Crippen molar-refractivity contribution in [1.29, 1.82) is 0 Å². The van der Waals surface area contributed by atoms with Crippen LogP contribution in [0, 0.1) is 0 Å². The molecule has 0 aliphatic carbocycles. The van der Waals surface area contributed by atoms with Gasteiger partial charge in [-0.15, -0.1) is 0 Å². The Kier molecular flexibility index (Phi) is 3.94. The fourth-order valence-electron chi connectivity index (χ4n) is 1.16. The number of anilines is 1. The molecule has 9 heteroatoms. The predicted octanol–water partition coefficient (Wildman–Crippen LogP) is 4.06. The monoisotopic (exact) mass is 335 g/mol. The molecule has 0 saturated heterocycles. The van der Waals surface area contributed by atoms with Gasteiger partial charge < -0.3 is 5.32 Å². The maximum atomic E-state index is 12.5. The summed E-state index contributed by atoms with van der Waals surface area (Å²) < 4.78 is 74.1. The van der Waals surface area contributed by atoms with Crippen LogP contribution >= 0.6 is 15.9 Å². The van der Waals surface area contributed by atoms with E-state index in [0.717, 1.165) is 0 Å². The van der Waals surface area contributed by atoms with Crippen molar-refractivity contribution in [3.63, 3.8) is 0 Å². The van der Waals surface area contributed by atoms with Gasteiger partial charge in [-0.2, -0.15) is 26.3 Å². The summed E-state index contributed by atoms with van der Waals surface area (Å²) in [5, 5.41) is 1.77. The van der Waals surface area contributed by atoms with Gasteiger partial charge in [0.15, 0.2) is 0 Å². The lowest BCUT2D eigenvalue weighted by molar-refractivity contribution is -0.143. The number of rotatable bonds is 2. The van der Waals surface area contributed by atoms with Crippen LogP contribution in [0.3, 0.4) is 0 Å². The number of hydrogen-bond donors (Lipinski definition) is 1. The highest BCUT2D eigenvalue weighted by Gasteiger charge is 2.39. The first-order valence-corrected chi connectivity index (χ1v) is 5.04. The highest BCUT2D eigenvalue weighted by Crippen LogP contribution is 2.42. The first kappa shape index (κ1) is 14.8. The van der Waals surface area contributed by atoms with Gasteiger partial charge in [-0.05, 0) is 28.1 Å². The Morgan fingerprint density at radius 3 is 2.00 bits per heavy atom. The Balaban J connectivity index is 3.52. The maximum Gasteiger partial charge on any atom is 0.417 e. The van der Waals surface area contributed by atoms with E-state index in [4.69, 9.17) is 0 Å². The topological polar surface area (TPSA) is 29.1 Å². The number of carbonyl (C=O) groups is 1. The third kappa shape index (κ3) is 3.15. The molecule has 0 fully saturated rings. The highest BCUT2D eigenvalue weighted by atomic mass is 79.9. The lowest BCUT2D eigenvalue weighted by Crippen LogP contribution is -2.13. The second kappa shape index (κ2) is 4.79. The first-order chi connectivity index (χ1) is 8.07. The largest absolute Gasteiger partial charge is 0.417 e. The van der Waals surface area contributed by atoms with Crippen LogP contribution in [0.1, 0.15) is 11.1 Å². The molecule has 0 radical (unpaired) electrons. The zero-order chi connectivity index (χ0) is 14.1. The third-order valence-electron chi connectivity index (χ3n) is 1.92. The molecule has 1 rings (SSSR count). The summed E-state index contributed by atoms with van der Waals surface area (Å²) in [6.07, 6.45) is -9.93. The molecule has 0 aliphatic heterocycles. The smallest absolute Gasteiger partial charge is 0.328 e. The van der Waals surface area contributed by atoms with Crippen molar-refractivity contribution in [3.05, 3.63) is 27.7 Å². The number of nitrogens with one attached hydrogen (secondary N) is 1. The molecule has 0 saturated carbocycles. The van der Waals surface area contributed by atoms with E-state index in [1.807, 2.05) is 0 Å². The van der Waals surface area contributed by atoms with Gasteiger partial charge >= 0.3 is 12.4 Å². The van der Waals surface area contributed by atoms with E-state index in [1.54, 1.807) is 5.32 Å². The van der Waals surface area contributed by atoms with E-state index in [0.29, 0.717) is 6.07 Å². The number of halogens is 7. The van der Waals surface area contributed by atoms with Gasteiger partial charge in [0, 0.05) is 0 Å². The maximum absolute atomic E-state index is 12.5. The van der Waals surface area contributed by atoms with Crippen molar-refractivity contribution >= 4 is 28.0 Å². The van der Waals surface area contributed by atoms with Crippen molar-refractivity contribution in [2.75, 3.05) is 5.32 Å². The van der Waals surface area contributed by atoms with Gasteiger partial charge in [-0.25, -0.2) is 0 Å².